The molecule has 0 fully saturated rings. The lowest BCUT2D eigenvalue weighted by Gasteiger charge is -2.31. The second kappa shape index (κ2) is 12.6. The number of nitrogens with one attached hydrogen (secondary N) is 2. The third-order valence-electron chi connectivity index (χ3n) is 7.65. The molecule has 6 rings (SSSR count). The molecule has 0 unspecified atom stereocenters. The largest absolute Gasteiger partial charge is 0.416 e. The first-order valence-corrected chi connectivity index (χ1v) is 14.4. The van der Waals surface area contributed by atoms with Crippen LogP contribution in [0.5, 0.6) is 0 Å². The number of aryl methyl sites for hydroxylation is 1. The highest BCUT2D eigenvalue weighted by molar-refractivity contribution is 6.08. The predicted octanol–water partition coefficient (Wildman–Crippen LogP) is 7.43. The number of aromatic nitrogens is 2. The van der Waals surface area contributed by atoms with Gasteiger partial charge in [-0.05, 0) is 71.5 Å². The average molecular weight is 608 g/mol. The minimum atomic E-state index is -4.46. The monoisotopic (exact) mass is 607 g/mol. The van der Waals surface area contributed by atoms with Crippen LogP contribution in [0.25, 0.3) is 11.1 Å². The third-order valence-corrected chi connectivity index (χ3v) is 7.65. The fourth-order valence-corrected chi connectivity index (χ4v) is 5.37. The Hall–Kier alpha value is -5.51. The van der Waals surface area contributed by atoms with Crippen molar-refractivity contribution in [2.75, 3.05) is 16.8 Å². The van der Waals surface area contributed by atoms with E-state index in [2.05, 4.69) is 43.7 Å². The van der Waals surface area contributed by atoms with Gasteiger partial charge >= 0.3 is 6.18 Å². The van der Waals surface area contributed by atoms with Crippen molar-refractivity contribution in [2.24, 2.45) is 0 Å². The van der Waals surface area contributed by atoms with Gasteiger partial charge in [0.1, 0.15) is 17.8 Å². The van der Waals surface area contributed by atoms with Crippen LogP contribution in [0.1, 0.15) is 44.0 Å². The molecule has 0 aliphatic carbocycles. The van der Waals surface area contributed by atoms with E-state index in [1.807, 2.05) is 30.3 Å². The van der Waals surface area contributed by atoms with Gasteiger partial charge in [0.15, 0.2) is 0 Å². The number of carbonyl (C=O) groups is 2. The summed E-state index contributed by atoms with van der Waals surface area (Å²) >= 11 is 0. The highest BCUT2D eigenvalue weighted by atomic mass is 19.4. The lowest BCUT2D eigenvalue weighted by molar-refractivity contribution is -0.137. The number of hydrogen-bond acceptors (Lipinski definition) is 5. The smallest absolute Gasteiger partial charge is 0.347 e. The molecule has 0 saturated carbocycles. The molecule has 2 heterocycles. The molecule has 5 aromatic rings. The van der Waals surface area contributed by atoms with Crippen molar-refractivity contribution in [1.29, 1.82) is 0 Å². The molecule has 0 saturated heterocycles. The van der Waals surface area contributed by atoms with Gasteiger partial charge < -0.3 is 15.5 Å². The molecule has 1 aliphatic rings. The number of para-hydroxylation sites is 1. The second-order valence-electron chi connectivity index (χ2n) is 10.6. The Kier molecular flexibility index (Phi) is 8.28. The highest BCUT2D eigenvalue weighted by Gasteiger charge is 2.30. The molecule has 1 aromatic heterocycles. The van der Waals surface area contributed by atoms with Crippen LogP contribution in [0.4, 0.5) is 30.4 Å². The van der Waals surface area contributed by atoms with Gasteiger partial charge in [-0.25, -0.2) is 9.97 Å². The van der Waals surface area contributed by atoms with Crippen LogP contribution in [-0.4, -0.2) is 28.3 Å². The number of amides is 2. The van der Waals surface area contributed by atoms with Crippen LogP contribution in [0.15, 0.2) is 109 Å². The summed E-state index contributed by atoms with van der Waals surface area (Å²) in [5, 5.41) is 5.52. The fraction of sp³-hybridized carbons (Fsp3) is 0.143. The molecule has 2 amide bonds. The van der Waals surface area contributed by atoms with E-state index in [4.69, 9.17) is 0 Å². The molecule has 1 aliphatic heterocycles. The molecule has 0 radical (unpaired) electrons. The van der Waals surface area contributed by atoms with Crippen molar-refractivity contribution in [1.82, 2.24) is 15.3 Å². The number of anilines is 3. The first-order valence-electron chi connectivity index (χ1n) is 14.4. The number of alkyl halides is 3. The topological polar surface area (TPSA) is 87.2 Å². The Morgan fingerprint density at radius 2 is 1.56 bits per heavy atom. The minimum absolute atomic E-state index is 0.0675. The highest BCUT2D eigenvalue weighted by Crippen LogP contribution is 2.34. The van der Waals surface area contributed by atoms with Gasteiger partial charge in [-0.15, -0.1) is 0 Å². The van der Waals surface area contributed by atoms with Crippen molar-refractivity contribution >= 4 is 29.0 Å². The molecule has 7 nitrogen and oxygen atoms in total. The summed E-state index contributed by atoms with van der Waals surface area (Å²) in [7, 11) is 0. The molecule has 0 atom stereocenters. The van der Waals surface area contributed by atoms with E-state index in [1.165, 1.54) is 35.8 Å². The Balaban J connectivity index is 1.10. The van der Waals surface area contributed by atoms with E-state index < -0.39 is 23.6 Å². The Bertz CT molecular complexity index is 1840. The first kappa shape index (κ1) is 29.6. The zero-order valence-electron chi connectivity index (χ0n) is 24.0. The number of halogens is 3. The van der Waals surface area contributed by atoms with Crippen molar-refractivity contribution in [2.45, 2.75) is 25.6 Å². The van der Waals surface area contributed by atoms with Crippen LogP contribution in [-0.2, 0) is 19.1 Å². The van der Waals surface area contributed by atoms with E-state index >= 15 is 0 Å². The number of rotatable bonds is 7. The van der Waals surface area contributed by atoms with Crippen molar-refractivity contribution in [3.8, 4) is 11.1 Å². The number of benzene rings is 4. The summed E-state index contributed by atoms with van der Waals surface area (Å²) < 4.78 is 39.0. The maximum absolute atomic E-state index is 13.2. The maximum atomic E-state index is 13.2. The molecule has 0 bridgehead atoms. The van der Waals surface area contributed by atoms with Crippen LogP contribution in [0.3, 0.4) is 0 Å². The molecule has 10 heteroatoms. The standard InChI is InChI=1S/C35H28F3N5O2/c36-35(37,38)26-15-13-24(14-16-26)28-8-2-3-9-29(28)33(44)42-32-20-30(40-22-41-32)34(45)39-21-23-11-17-27(18-12-23)43-19-5-7-25-6-1-4-10-31(25)43/h1-4,6,8-18,20,22H,5,7,19,21H2,(H,39,45)(H,40,41,42,44). The van der Waals surface area contributed by atoms with Crippen LogP contribution in [0, 0.1) is 0 Å². The van der Waals surface area contributed by atoms with E-state index in [-0.39, 0.29) is 23.6 Å². The van der Waals surface area contributed by atoms with Crippen LogP contribution >= 0.6 is 0 Å². The summed E-state index contributed by atoms with van der Waals surface area (Å²) in [6.45, 7) is 1.22. The summed E-state index contributed by atoms with van der Waals surface area (Å²) in [6.07, 6.45) is -1.13. The van der Waals surface area contributed by atoms with Gasteiger partial charge in [-0.2, -0.15) is 13.2 Å². The molecule has 2 N–H and O–H groups in total. The van der Waals surface area contributed by atoms with Gasteiger partial charge in [0.05, 0.1) is 5.56 Å². The van der Waals surface area contributed by atoms with Gasteiger partial charge in [0.25, 0.3) is 11.8 Å². The second-order valence-corrected chi connectivity index (χ2v) is 10.6. The normalized spacial score (nSPS) is 12.7. The van der Waals surface area contributed by atoms with Gasteiger partial charge in [0, 0.05) is 36.1 Å². The Morgan fingerprint density at radius 3 is 2.33 bits per heavy atom. The number of carbonyl (C=O) groups excluding carboxylic acids is 2. The van der Waals surface area contributed by atoms with Gasteiger partial charge in [-0.3, -0.25) is 9.59 Å². The molecule has 0 spiro atoms. The van der Waals surface area contributed by atoms with E-state index in [1.54, 1.807) is 24.3 Å². The van der Waals surface area contributed by atoms with Crippen LogP contribution < -0.4 is 15.5 Å². The lowest BCUT2D eigenvalue weighted by atomic mass is 9.98. The van der Waals surface area contributed by atoms with E-state index in [0.29, 0.717) is 11.1 Å². The van der Waals surface area contributed by atoms with Crippen LogP contribution in [0.2, 0.25) is 0 Å². The van der Waals surface area contributed by atoms with E-state index in [9.17, 15) is 22.8 Å². The van der Waals surface area contributed by atoms with Crippen molar-refractivity contribution in [3.63, 3.8) is 0 Å². The quantitative estimate of drug-likeness (QED) is 0.201. The molecule has 226 valence electrons. The zero-order chi connectivity index (χ0) is 31.4. The third kappa shape index (κ3) is 6.70. The summed E-state index contributed by atoms with van der Waals surface area (Å²) in [5.74, 6) is -0.868. The maximum Gasteiger partial charge on any atom is 0.416 e. The van der Waals surface area contributed by atoms with E-state index in [0.717, 1.165) is 42.8 Å². The average Bonchev–Trinajstić information content (AvgIpc) is 3.07. The predicted molar refractivity (Wildman–Crippen MR) is 166 cm³/mol. The van der Waals surface area contributed by atoms with Crippen molar-refractivity contribution in [3.05, 3.63) is 137 Å². The Labute approximate surface area is 257 Å². The fourth-order valence-electron chi connectivity index (χ4n) is 5.37. The summed E-state index contributed by atoms with van der Waals surface area (Å²) in [4.78, 5) is 36.5. The first-order chi connectivity index (χ1) is 21.8. The lowest BCUT2D eigenvalue weighted by Crippen LogP contribution is -2.25. The summed E-state index contributed by atoms with van der Waals surface area (Å²) in [6, 6.07) is 29.0. The zero-order valence-corrected chi connectivity index (χ0v) is 24.0. The molecular weight excluding hydrogens is 579 g/mol. The van der Waals surface area contributed by atoms with Gasteiger partial charge in [0.2, 0.25) is 0 Å². The minimum Gasteiger partial charge on any atom is -0.347 e. The number of fused-ring (bicyclic) bond motifs is 1. The summed E-state index contributed by atoms with van der Waals surface area (Å²) in [5.41, 5.74) is 4.99. The molecule has 4 aromatic carbocycles. The molecular formula is C35H28F3N5O2. The number of nitrogens with zero attached hydrogens (tertiary/aromatic N) is 3. The SMILES string of the molecule is O=C(NCc1ccc(N2CCCc3ccccc32)cc1)c1cc(NC(=O)c2ccccc2-c2ccc(C(F)(F)F)cc2)ncn1. The van der Waals surface area contributed by atoms with Gasteiger partial charge in [-0.1, -0.05) is 60.7 Å². The molecule has 45 heavy (non-hydrogen) atoms. The van der Waals surface area contributed by atoms with Crippen molar-refractivity contribution < 1.29 is 22.8 Å². The number of hydrogen-bond donors (Lipinski definition) is 2. The Morgan fingerprint density at radius 1 is 0.822 bits per heavy atom.